The molecule has 0 bridgehead atoms. The third-order valence-corrected chi connectivity index (χ3v) is 5.61. The first kappa shape index (κ1) is 20.8. The average molecular weight is 422 g/mol. The van der Waals surface area contributed by atoms with Gasteiger partial charge < -0.3 is 19.5 Å². The van der Waals surface area contributed by atoms with E-state index in [0.29, 0.717) is 30.9 Å². The smallest absolute Gasteiger partial charge is 0.257 e. The number of nitrogens with one attached hydrogen (secondary N) is 1. The Kier molecular flexibility index (Phi) is 6.16. The van der Waals surface area contributed by atoms with Crippen LogP contribution in [0.2, 0.25) is 0 Å². The predicted molar refractivity (Wildman–Crippen MR) is 118 cm³/mol. The molecule has 2 unspecified atom stereocenters. The van der Waals surface area contributed by atoms with Gasteiger partial charge >= 0.3 is 0 Å². The van der Waals surface area contributed by atoms with Crippen LogP contribution in [-0.4, -0.2) is 46.8 Å². The lowest BCUT2D eigenvalue weighted by molar-refractivity contribution is 0.161. The van der Waals surface area contributed by atoms with E-state index in [2.05, 4.69) is 39.1 Å². The van der Waals surface area contributed by atoms with Gasteiger partial charge in [0.25, 0.3) is 5.88 Å². The van der Waals surface area contributed by atoms with Crippen LogP contribution in [0, 0.1) is 12.8 Å². The largest absolute Gasteiger partial charge is 0.484 e. The molecule has 0 radical (unpaired) electrons. The van der Waals surface area contributed by atoms with E-state index >= 15 is 0 Å². The molecule has 0 saturated heterocycles. The molecule has 4 heterocycles. The fourth-order valence-electron chi connectivity index (χ4n) is 3.61. The maximum Gasteiger partial charge on any atom is 0.257 e. The van der Waals surface area contributed by atoms with Crippen LogP contribution in [0.4, 0.5) is 5.82 Å². The van der Waals surface area contributed by atoms with Gasteiger partial charge in [0, 0.05) is 41.7 Å². The number of nitrogens with zero attached hydrogens (tertiary/aromatic N) is 4. The zero-order valence-corrected chi connectivity index (χ0v) is 18.3. The van der Waals surface area contributed by atoms with Crippen LogP contribution in [0.3, 0.4) is 0 Å². The van der Waals surface area contributed by atoms with Crippen LogP contribution in [0.1, 0.15) is 30.9 Å². The Morgan fingerprint density at radius 3 is 2.74 bits per heavy atom. The fourth-order valence-corrected chi connectivity index (χ4v) is 3.61. The molecule has 0 aromatic carbocycles. The van der Waals surface area contributed by atoms with Crippen LogP contribution < -0.4 is 19.5 Å². The lowest BCUT2D eigenvalue weighted by Gasteiger charge is -2.26. The number of hydrogen-bond donors (Lipinski definition) is 1. The zero-order valence-electron chi connectivity index (χ0n) is 18.3. The Balaban J connectivity index is 1.45. The maximum absolute atomic E-state index is 5.84. The molecule has 8 nitrogen and oxygen atoms in total. The van der Waals surface area contributed by atoms with Gasteiger partial charge in [-0.05, 0) is 30.9 Å². The molecule has 4 rings (SSSR count). The normalized spacial score (nSPS) is 14.6. The van der Waals surface area contributed by atoms with E-state index in [4.69, 9.17) is 14.2 Å². The molecule has 31 heavy (non-hydrogen) atoms. The van der Waals surface area contributed by atoms with E-state index in [-0.39, 0.29) is 5.92 Å². The van der Waals surface area contributed by atoms with Gasteiger partial charge in [-0.1, -0.05) is 13.8 Å². The molecule has 3 aromatic heterocycles. The lowest BCUT2D eigenvalue weighted by Crippen LogP contribution is -2.21. The van der Waals surface area contributed by atoms with E-state index < -0.39 is 0 Å². The van der Waals surface area contributed by atoms with Crippen molar-refractivity contribution in [3.63, 3.8) is 0 Å². The van der Waals surface area contributed by atoms with Gasteiger partial charge in [0.1, 0.15) is 25.4 Å². The molecule has 1 aliphatic rings. The van der Waals surface area contributed by atoms with E-state index in [1.807, 2.05) is 25.1 Å². The summed E-state index contributed by atoms with van der Waals surface area (Å²) in [6.45, 7) is 8.19. The molecule has 0 spiro atoms. The molecule has 0 amide bonds. The predicted octanol–water partition coefficient (Wildman–Crippen LogP) is 3.87. The summed E-state index contributed by atoms with van der Waals surface area (Å²) in [5.41, 5.74) is 3.81. The number of hydrogen-bond acceptors (Lipinski definition) is 8. The Morgan fingerprint density at radius 1 is 1.10 bits per heavy atom. The number of anilines is 1. The molecule has 162 valence electrons. The molecule has 8 heteroatoms. The minimum Gasteiger partial charge on any atom is -0.484 e. The van der Waals surface area contributed by atoms with Crippen molar-refractivity contribution in [2.45, 2.75) is 26.7 Å². The van der Waals surface area contributed by atoms with Crippen molar-refractivity contribution in [3.8, 4) is 28.8 Å². The van der Waals surface area contributed by atoms with Crippen molar-refractivity contribution in [1.29, 1.82) is 0 Å². The second kappa shape index (κ2) is 9.16. The van der Waals surface area contributed by atoms with E-state index in [9.17, 15) is 0 Å². The van der Waals surface area contributed by atoms with Gasteiger partial charge in [-0.2, -0.15) is 0 Å². The Morgan fingerprint density at radius 2 is 1.94 bits per heavy atom. The van der Waals surface area contributed by atoms with Crippen molar-refractivity contribution in [3.05, 3.63) is 48.0 Å². The summed E-state index contributed by atoms with van der Waals surface area (Å²) in [4.78, 5) is 17.4. The minimum atomic E-state index is 0.251. The monoisotopic (exact) mass is 421 g/mol. The summed E-state index contributed by atoms with van der Waals surface area (Å²) >= 11 is 0. The highest BCUT2D eigenvalue weighted by atomic mass is 16.6. The molecule has 0 aliphatic carbocycles. The molecule has 2 atom stereocenters. The number of aromatic nitrogens is 4. The summed E-state index contributed by atoms with van der Waals surface area (Å²) in [7, 11) is 1.62. The second-order valence-electron chi connectivity index (χ2n) is 7.72. The standard InChI is InChI=1S/C23H27N5O3/c1-14-9-17(12-26-22(14)29-4)19-10-20(28-13-27-19)25-11-15(2)16(3)18-5-6-24-23-21(18)30-7-8-31-23/h5-6,9-10,12-13,15-16H,7-8,11H2,1-4H3,(H,25,27,28). The molecule has 0 fully saturated rings. The summed E-state index contributed by atoms with van der Waals surface area (Å²) in [6, 6.07) is 5.96. The fraction of sp³-hybridized carbons (Fsp3) is 0.391. The van der Waals surface area contributed by atoms with E-state index in [1.165, 1.54) is 0 Å². The van der Waals surface area contributed by atoms with Gasteiger partial charge in [-0.3, -0.25) is 0 Å². The van der Waals surface area contributed by atoms with Crippen LogP contribution >= 0.6 is 0 Å². The second-order valence-corrected chi connectivity index (χ2v) is 7.72. The number of aryl methyl sites for hydroxylation is 1. The topological polar surface area (TPSA) is 91.3 Å². The Bertz CT molecular complexity index is 1060. The van der Waals surface area contributed by atoms with E-state index in [0.717, 1.165) is 40.5 Å². The van der Waals surface area contributed by atoms with Crippen molar-refractivity contribution in [1.82, 2.24) is 19.9 Å². The molecule has 1 aliphatic heterocycles. The van der Waals surface area contributed by atoms with Gasteiger partial charge in [0.15, 0.2) is 5.75 Å². The van der Waals surface area contributed by atoms with Gasteiger partial charge in [0.05, 0.1) is 12.8 Å². The van der Waals surface area contributed by atoms with Crippen LogP contribution in [0.25, 0.3) is 11.3 Å². The number of ether oxygens (including phenoxy) is 3. The summed E-state index contributed by atoms with van der Waals surface area (Å²) in [5, 5.41) is 3.44. The number of fused-ring (bicyclic) bond motifs is 1. The maximum atomic E-state index is 5.84. The average Bonchev–Trinajstić information content (AvgIpc) is 2.81. The molecule has 3 aromatic rings. The van der Waals surface area contributed by atoms with Crippen molar-refractivity contribution in [2.24, 2.45) is 5.92 Å². The Hall–Kier alpha value is -3.42. The number of pyridine rings is 2. The molecular formula is C23H27N5O3. The van der Waals surface area contributed by atoms with Crippen molar-refractivity contribution >= 4 is 5.82 Å². The highest BCUT2D eigenvalue weighted by Crippen LogP contribution is 2.38. The van der Waals surface area contributed by atoms with Gasteiger partial charge in [-0.15, -0.1) is 0 Å². The summed E-state index contributed by atoms with van der Waals surface area (Å²) < 4.78 is 16.7. The first-order valence-corrected chi connectivity index (χ1v) is 10.4. The third kappa shape index (κ3) is 4.52. The van der Waals surface area contributed by atoms with Crippen molar-refractivity contribution < 1.29 is 14.2 Å². The van der Waals surface area contributed by atoms with Gasteiger partial charge in [-0.25, -0.2) is 19.9 Å². The Labute approximate surface area is 182 Å². The zero-order chi connectivity index (χ0) is 21.8. The highest BCUT2D eigenvalue weighted by molar-refractivity contribution is 5.62. The van der Waals surface area contributed by atoms with Crippen molar-refractivity contribution in [2.75, 3.05) is 32.2 Å². The highest BCUT2D eigenvalue weighted by Gasteiger charge is 2.24. The first-order chi connectivity index (χ1) is 15.1. The van der Waals surface area contributed by atoms with E-state index in [1.54, 1.807) is 25.8 Å². The van der Waals surface area contributed by atoms with Crippen LogP contribution in [0.15, 0.2) is 36.9 Å². The summed E-state index contributed by atoms with van der Waals surface area (Å²) in [5.74, 6) is 3.31. The first-order valence-electron chi connectivity index (χ1n) is 10.4. The van der Waals surface area contributed by atoms with Gasteiger partial charge in [0.2, 0.25) is 5.88 Å². The van der Waals surface area contributed by atoms with Crippen LogP contribution in [-0.2, 0) is 0 Å². The summed E-state index contributed by atoms with van der Waals surface area (Å²) in [6.07, 6.45) is 5.11. The van der Waals surface area contributed by atoms with Crippen LogP contribution in [0.5, 0.6) is 17.5 Å². The number of methoxy groups -OCH3 is 1. The molecule has 1 N–H and O–H groups in total. The SMILES string of the molecule is COc1ncc(-c2cc(NCC(C)C(C)c3ccnc4c3OCCO4)ncn2)cc1C. The third-order valence-electron chi connectivity index (χ3n) is 5.61. The number of rotatable bonds is 7. The quantitative estimate of drug-likeness (QED) is 0.615. The molecule has 0 saturated carbocycles. The minimum absolute atomic E-state index is 0.251. The lowest BCUT2D eigenvalue weighted by atomic mass is 9.88. The molecular weight excluding hydrogens is 394 g/mol.